The first-order valence-electron chi connectivity index (χ1n) is 8.15. The van der Waals surface area contributed by atoms with Gasteiger partial charge < -0.3 is 15.3 Å². The molecule has 120 valence electrons. The van der Waals surface area contributed by atoms with E-state index in [1.54, 1.807) is 0 Å². The molecule has 1 aromatic rings. The van der Waals surface area contributed by atoms with Gasteiger partial charge in [0.25, 0.3) is 0 Å². The maximum absolute atomic E-state index is 9.33. The maximum Gasteiger partial charge on any atom is 0.137 e. The molecule has 0 spiro atoms. The van der Waals surface area contributed by atoms with Crippen LogP contribution in [0.4, 0.5) is 11.6 Å². The molecule has 0 bridgehead atoms. The number of aliphatic hydroxyl groups is 1. The van der Waals surface area contributed by atoms with Gasteiger partial charge in [0.05, 0.1) is 6.61 Å². The molecule has 0 atom stereocenters. The summed E-state index contributed by atoms with van der Waals surface area (Å²) in [4.78, 5) is 11.5. The van der Waals surface area contributed by atoms with Crippen LogP contribution in [0.3, 0.4) is 0 Å². The number of aliphatic hydroxyl groups excluding tert-OH is 1. The van der Waals surface area contributed by atoms with Crippen LogP contribution in [-0.4, -0.2) is 41.3 Å². The minimum Gasteiger partial charge on any atom is -0.395 e. The monoisotopic (exact) mass is 294 g/mol. The van der Waals surface area contributed by atoms with Crippen LogP contribution in [0.25, 0.3) is 0 Å². The second kappa shape index (κ2) is 9.55. The largest absolute Gasteiger partial charge is 0.395 e. The lowest BCUT2D eigenvalue weighted by Crippen LogP contribution is -2.30. The van der Waals surface area contributed by atoms with Gasteiger partial charge in [0.2, 0.25) is 0 Å². The smallest absolute Gasteiger partial charge is 0.137 e. The van der Waals surface area contributed by atoms with E-state index in [9.17, 15) is 5.11 Å². The SMILES string of the molecule is CCCCN(CCO)c1nc(CCC)nc(NCC)c1C. The predicted molar refractivity (Wildman–Crippen MR) is 89.1 cm³/mol. The van der Waals surface area contributed by atoms with E-state index in [2.05, 4.69) is 42.9 Å². The van der Waals surface area contributed by atoms with E-state index in [0.717, 1.165) is 61.8 Å². The summed E-state index contributed by atoms with van der Waals surface area (Å²) in [5, 5.41) is 12.7. The number of anilines is 2. The molecule has 0 aliphatic rings. The maximum atomic E-state index is 9.33. The van der Waals surface area contributed by atoms with Gasteiger partial charge in [-0.3, -0.25) is 0 Å². The first kappa shape index (κ1) is 17.7. The molecule has 2 N–H and O–H groups in total. The Morgan fingerprint density at radius 2 is 1.86 bits per heavy atom. The minimum atomic E-state index is 0.146. The van der Waals surface area contributed by atoms with Gasteiger partial charge in [-0.05, 0) is 26.7 Å². The second-order valence-electron chi connectivity index (χ2n) is 5.28. The molecule has 21 heavy (non-hydrogen) atoms. The molecular formula is C16H30N4O. The van der Waals surface area contributed by atoms with Crippen LogP contribution in [0.15, 0.2) is 0 Å². The standard InChI is InChI=1S/C16H30N4O/c1-5-8-10-20(11-12-21)16-13(4)15(17-7-3)18-14(19-16)9-6-2/h21H,5-12H2,1-4H3,(H,17,18,19). The summed E-state index contributed by atoms with van der Waals surface area (Å²) in [6, 6.07) is 0. The first-order valence-corrected chi connectivity index (χ1v) is 8.15. The number of unbranched alkanes of at least 4 members (excludes halogenated alkanes) is 1. The van der Waals surface area contributed by atoms with Crippen LogP contribution in [0.2, 0.25) is 0 Å². The molecule has 1 rings (SSSR count). The van der Waals surface area contributed by atoms with Gasteiger partial charge in [-0.2, -0.15) is 0 Å². The molecule has 0 aliphatic carbocycles. The molecule has 5 heteroatoms. The van der Waals surface area contributed by atoms with Crippen LogP contribution in [0.5, 0.6) is 0 Å². The lowest BCUT2D eigenvalue weighted by Gasteiger charge is -2.26. The van der Waals surface area contributed by atoms with E-state index in [0.29, 0.717) is 6.54 Å². The number of aryl methyl sites for hydroxylation is 1. The summed E-state index contributed by atoms with van der Waals surface area (Å²) in [5.41, 5.74) is 1.07. The highest BCUT2D eigenvalue weighted by Crippen LogP contribution is 2.24. The van der Waals surface area contributed by atoms with Gasteiger partial charge >= 0.3 is 0 Å². The molecule has 1 heterocycles. The molecule has 0 amide bonds. The minimum absolute atomic E-state index is 0.146. The summed E-state index contributed by atoms with van der Waals surface area (Å²) in [6.45, 7) is 11.0. The molecule has 0 saturated heterocycles. The lowest BCUT2D eigenvalue weighted by molar-refractivity contribution is 0.301. The summed E-state index contributed by atoms with van der Waals surface area (Å²) in [6.07, 6.45) is 4.15. The Morgan fingerprint density at radius 3 is 2.43 bits per heavy atom. The highest BCUT2D eigenvalue weighted by atomic mass is 16.3. The number of rotatable bonds is 10. The highest BCUT2D eigenvalue weighted by Gasteiger charge is 2.15. The summed E-state index contributed by atoms with van der Waals surface area (Å²) in [7, 11) is 0. The van der Waals surface area contributed by atoms with Crippen molar-refractivity contribution in [2.45, 2.75) is 53.4 Å². The predicted octanol–water partition coefficient (Wildman–Crippen LogP) is 2.77. The van der Waals surface area contributed by atoms with Crippen LogP contribution in [-0.2, 0) is 6.42 Å². The third-order valence-electron chi connectivity index (χ3n) is 3.44. The average Bonchev–Trinajstić information content (AvgIpc) is 2.47. The third kappa shape index (κ3) is 5.16. The van der Waals surface area contributed by atoms with Gasteiger partial charge in [0.1, 0.15) is 17.5 Å². The van der Waals surface area contributed by atoms with Crippen LogP contribution >= 0.6 is 0 Å². The van der Waals surface area contributed by atoms with E-state index >= 15 is 0 Å². The molecule has 0 radical (unpaired) electrons. The number of hydrogen-bond acceptors (Lipinski definition) is 5. The quantitative estimate of drug-likeness (QED) is 0.695. The Kier molecular flexibility index (Phi) is 8.05. The van der Waals surface area contributed by atoms with Gasteiger partial charge in [-0.15, -0.1) is 0 Å². The zero-order valence-electron chi connectivity index (χ0n) is 13.9. The number of nitrogens with zero attached hydrogens (tertiary/aromatic N) is 3. The van der Waals surface area contributed by atoms with Crippen molar-refractivity contribution in [3.8, 4) is 0 Å². The first-order chi connectivity index (χ1) is 10.2. The molecule has 0 aliphatic heterocycles. The summed E-state index contributed by atoms with van der Waals surface area (Å²) >= 11 is 0. The van der Waals surface area contributed by atoms with E-state index in [1.807, 2.05) is 0 Å². The molecule has 5 nitrogen and oxygen atoms in total. The van der Waals surface area contributed by atoms with Gasteiger partial charge in [0.15, 0.2) is 0 Å². The van der Waals surface area contributed by atoms with Gasteiger partial charge in [-0.25, -0.2) is 9.97 Å². The molecule has 0 aromatic carbocycles. The fraction of sp³-hybridized carbons (Fsp3) is 0.750. The molecule has 0 fully saturated rings. The van der Waals surface area contributed by atoms with Crippen molar-refractivity contribution < 1.29 is 5.11 Å². The Morgan fingerprint density at radius 1 is 1.10 bits per heavy atom. The summed E-state index contributed by atoms with van der Waals surface area (Å²) < 4.78 is 0. The van der Waals surface area contributed by atoms with Crippen LogP contribution in [0.1, 0.15) is 51.4 Å². The molecule has 0 saturated carbocycles. The van der Waals surface area contributed by atoms with Crippen molar-refractivity contribution >= 4 is 11.6 Å². The molecular weight excluding hydrogens is 264 g/mol. The Balaban J connectivity index is 3.14. The third-order valence-corrected chi connectivity index (χ3v) is 3.44. The van der Waals surface area contributed by atoms with Crippen molar-refractivity contribution in [3.63, 3.8) is 0 Å². The molecule has 1 aromatic heterocycles. The highest BCUT2D eigenvalue weighted by molar-refractivity contribution is 5.58. The zero-order chi connectivity index (χ0) is 15.7. The number of hydrogen-bond donors (Lipinski definition) is 2. The summed E-state index contributed by atoms with van der Waals surface area (Å²) in [5.74, 6) is 2.77. The van der Waals surface area contributed by atoms with Gasteiger partial charge in [0, 0.05) is 31.6 Å². The van der Waals surface area contributed by atoms with Crippen molar-refractivity contribution in [1.82, 2.24) is 9.97 Å². The van der Waals surface area contributed by atoms with E-state index in [-0.39, 0.29) is 6.61 Å². The van der Waals surface area contributed by atoms with Crippen molar-refractivity contribution in [2.24, 2.45) is 0 Å². The average molecular weight is 294 g/mol. The zero-order valence-corrected chi connectivity index (χ0v) is 13.9. The van der Waals surface area contributed by atoms with Gasteiger partial charge in [-0.1, -0.05) is 20.3 Å². The Hall–Kier alpha value is -1.36. The Labute approximate surface area is 128 Å². The Bertz CT molecular complexity index is 423. The van der Waals surface area contributed by atoms with E-state index < -0.39 is 0 Å². The fourth-order valence-corrected chi connectivity index (χ4v) is 2.33. The van der Waals surface area contributed by atoms with Crippen molar-refractivity contribution in [3.05, 3.63) is 11.4 Å². The normalized spacial score (nSPS) is 10.7. The van der Waals surface area contributed by atoms with Crippen molar-refractivity contribution in [1.29, 1.82) is 0 Å². The van der Waals surface area contributed by atoms with Crippen molar-refractivity contribution in [2.75, 3.05) is 36.5 Å². The molecule has 0 unspecified atom stereocenters. The van der Waals surface area contributed by atoms with E-state index in [4.69, 9.17) is 4.98 Å². The number of nitrogens with one attached hydrogen (secondary N) is 1. The second-order valence-corrected chi connectivity index (χ2v) is 5.28. The van der Waals surface area contributed by atoms with E-state index in [1.165, 1.54) is 0 Å². The number of aromatic nitrogens is 2. The fourth-order valence-electron chi connectivity index (χ4n) is 2.33. The lowest BCUT2D eigenvalue weighted by atomic mass is 10.2. The van der Waals surface area contributed by atoms with Crippen LogP contribution < -0.4 is 10.2 Å². The van der Waals surface area contributed by atoms with Crippen LogP contribution in [0, 0.1) is 6.92 Å². The topological polar surface area (TPSA) is 61.3 Å².